The van der Waals surface area contributed by atoms with Gasteiger partial charge >= 0.3 is 0 Å². The number of aromatic nitrogens is 1. The molecule has 0 aliphatic carbocycles. The van der Waals surface area contributed by atoms with Gasteiger partial charge in [-0.05, 0) is 12.1 Å². The first-order valence-corrected chi connectivity index (χ1v) is 6.94. The molecule has 0 atom stereocenters. The van der Waals surface area contributed by atoms with Crippen LogP contribution < -0.4 is 5.32 Å². The summed E-state index contributed by atoms with van der Waals surface area (Å²) in [5.41, 5.74) is 0.0748. The largest absolute Gasteiger partial charge is 0.352 e. The molecule has 104 valence electrons. The number of amides is 1. The van der Waals surface area contributed by atoms with Gasteiger partial charge in [0.25, 0.3) is 11.6 Å². The van der Waals surface area contributed by atoms with Crippen molar-refractivity contribution in [1.82, 2.24) is 10.3 Å². The molecule has 1 N–H and O–H groups in total. The van der Waals surface area contributed by atoms with Crippen molar-refractivity contribution in [2.45, 2.75) is 6.42 Å². The first-order chi connectivity index (χ1) is 9.58. The van der Waals surface area contributed by atoms with E-state index < -0.39 is 4.92 Å². The van der Waals surface area contributed by atoms with E-state index in [-0.39, 0.29) is 16.6 Å². The molecule has 0 saturated heterocycles. The van der Waals surface area contributed by atoms with Gasteiger partial charge in [0.15, 0.2) is 0 Å². The summed E-state index contributed by atoms with van der Waals surface area (Å²) in [4.78, 5) is 26.0. The Hall–Kier alpha value is -1.99. The molecule has 0 bridgehead atoms. The number of benzene rings is 1. The maximum atomic E-state index is 11.8. The fourth-order valence-corrected chi connectivity index (χ4v) is 2.43. The van der Waals surface area contributed by atoms with Gasteiger partial charge in [0.05, 0.1) is 9.93 Å². The van der Waals surface area contributed by atoms with Gasteiger partial charge in [-0.2, -0.15) is 0 Å². The molecule has 0 unspecified atom stereocenters. The molecule has 0 radical (unpaired) electrons. The third-order valence-electron chi connectivity index (χ3n) is 2.51. The minimum absolute atomic E-state index is 0.0532. The highest BCUT2D eigenvalue weighted by Crippen LogP contribution is 2.24. The Bertz CT molecular complexity index is 631. The van der Waals surface area contributed by atoms with Gasteiger partial charge in [-0.25, -0.2) is 4.98 Å². The standard InChI is InChI=1S/C12H10ClN3O3S/c13-9-7-8(1-2-10(9)16(18)19)12(17)15-4-3-11-14-5-6-20-11/h1-2,5-7H,3-4H2,(H,15,17). The smallest absolute Gasteiger partial charge is 0.287 e. The molecule has 8 heteroatoms. The highest BCUT2D eigenvalue weighted by molar-refractivity contribution is 7.09. The molecular weight excluding hydrogens is 302 g/mol. The number of nitro groups is 1. The number of carbonyl (C=O) groups is 1. The molecule has 1 amide bonds. The van der Waals surface area contributed by atoms with Gasteiger partial charge in [-0.1, -0.05) is 11.6 Å². The van der Waals surface area contributed by atoms with Crippen LogP contribution in [0.25, 0.3) is 0 Å². The van der Waals surface area contributed by atoms with Gasteiger partial charge in [-0.3, -0.25) is 14.9 Å². The summed E-state index contributed by atoms with van der Waals surface area (Å²) in [5.74, 6) is -0.321. The van der Waals surface area contributed by atoms with Gasteiger partial charge in [0.2, 0.25) is 0 Å². The van der Waals surface area contributed by atoms with Crippen LogP contribution in [0.4, 0.5) is 5.69 Å². The molecule has 0 aliphatic heterocycles. The van der Waals surface area contributed by atoms with Crippen molar-refractivity contribution in [3.05, 3.63) is 55.5 Å². The van der Waals surface area contributed by atoms with E-state index in [2.05, 4.69) is 10.3 Å². The first-order valence-electron chi connectivity index (χ1n) is 5.68. The van der Waals surface area contributed by atoms with Crippen LogP contribution in [0.1, 0.15) is 15.4 Å². The Morgan fingerprint density at radius 3 is 2.90 bits per heavy atom. The zero-order valence-electron chi connectivity index (χ0n) is 10.2. The minimum atomic E-state index is -0.591. The Morgan fingerprint density at radius 1 is 1.50 bits per heavy atom. The molecular formula is C12H10ClN3O3S. The van der Waals surface area contributed by atoms with Crippen LogP contribution in [0.15, 0.2) is 29.8 Å². The first kappa shape index (κ1) is 14.4. The Morgan fingerprint density at radius 2 is 2.30 bits per heavy atom. The second-order valence-electron chi connectivity index (χ2n) is 3.86. The lowest BCUT2D eigenvalue weighted by Crippen LogP contribution is -2.25. The summed E-state index contributed by atoms with van der Waals surface area (Å²) in [7, 11) is 0. The summed E-state index contributed by atoms with van der Waals surface area (Å²) in [6.45, 7) is 0.445. The zero-order chi connectivity index (χ0) is 14.5. The van der Waals surface area contributed by atoms with Crippen LogP contribution in [0, 0.1) is 10.1 Å². The van der Waals surface area contributed by atoms with Gasteiger partial charge < -0.3 is 5.32 Å². The summed E-state index contributed by atoms with van der Waals surface area (Å²) in [5, 5.41) is 16.1. The normalized spacial score (nSPS) is 10.2. The molecule has 20 heavy (non-hydrogen) atoms. The van der Waals surface area contributed by atoms with E-state index in [1.165, 1.54) is 29.5 Å². The molecule has 1 aromatic heterocycles. The lowest BCUT2D eigenvalue weighted by molar-refractivity contribution is -0.384. The Balaban J connectivity index is 1.95. The number of nitro benzene ring substituents is 1. The molecule has 1 aromatic carbocycles. The van der Waals surface area contributed by atoms with E-state index >= 15 is 0 Å². The zero-order valence-corrected chi connectivity index (χ0v) is 11.8. The van der Waals surface area contributed by atoms with Gasteiger partial charge in [0.1, 0.15) is 5.02 Å². The highest BCUT2D eigenvalue weighted by atomic mass is 35.5. The van der Waals surface area contributed by atoms with Crippen LogP contribution >= 0.6 is 22.9 Å². The molecule has 0 saturated carbocycles. The lowest BCUT2D eigenvalue weighted by atomic mass is 10.2. The predicted molar refractivity (Wildman–Crippen MR) is 76.3 cm³/mol. The third-order valence-corrected chi connectivity index (χ3v) is 3.66. The lowest BCUT2D eigenvalue weighted by Gasteiger charge is -2.04. The number of hydrogen-bond donors (Lipinski definition) is 1. The van der Waals surface area contributed by atoms with Gasteiger partial charge in [-0.15, -0.1) is 11.3 Å². The number of thiazole rings is 1. The fourth-order valence-electron chi connectivity index (χ4n) is 1.56. The van der Waals surface area contributed by atoms with Crippen molar-refractivity contribution in [2.24, 2.45) is 0 Å². The minimum Gasteiger partial charge on any atom is -0.352 e. The SMILES string of the molecule is O=C(NCCc1nccs1)c1ccc([N+](=O)[O-])c(Cl)c1. The number of halogens is 1. The molecule has 1 heterocycles. The Labute approximate surface area is 123 Å². The molecule has 0 fully saturated rings. The topological polar surface area (TPSA) is 85.1 Å². The van der Waals surface area contributed by atoms with Crippen molar-refractivity contribution in [1.29, 1.82) is 0 Å². The number of nitrogens with one attached hydrogen (secondary N) is 1. The maximum Gasteiger partial charge on any atom is 0.287 e. The molecule has 0 spiro atoms. The van der Waals surface area contributed by atoms with Crippen molar-refractivity contribution in [3.63, 3.8) is 0 Å². The van der Waals surface area contributed by atoms with E-state index in [1.54, 1.807) is 6.20 Å². The van der Waals surface area contributed by atoms with Crippen molar-refractivity contribution in [2.75, 3.05) is 6.54 Å². The third kappa shape index (κ3) is 3.52. The van der Waals surface area contributed by atoms with Crippen LogP contribution in [-0.4, -0.2) is 22.4 Å². The second kappa shape index (κ2) is 6.44. The number of hydrogen-bond acceptors (Lipinski definition) is 5. The average Bonchev–Trinajstić information content (AvgIpc) is 2.91. The van der Waals surface area contributed by atoms with E-state index in [9.17, 15) is 14.9 Å². The molecule has 6 nitrogen and oxygen atoms in total. The molecule has 0 aliphatic rings. The molecule has 2 rings (SSSR count). The molecule has 2 aromatic rings. The van der Waals surface area contributed by atoms with Crippen LogP contribution in [0.3, 0.4) is 0 Å². The van der Waals surface area contributed by atoms with E-state index in [0.29, 0.717) is 18.5 Å². The van der Waals surface area contributed by atoms with Crippen LogP contribution in [-0.2, 0) is 6.42 Å². The average molecular weight is 312 g/mol. The number of nitrogens with zero attached hydrogens (tertiary/aromatic N) is 2. The van der Waals surface area contributed by atoms with E-state index in [1.807, 2.05) is 5.38 Å². The quantitative estimate of drug-likeness (QED) is 0.679. The fraction of sp³-hybridized carbons (Fsp3) is 0.167. The van der Waals surface area contributed by atoms with Gasteiger partial charge in [0, 0.05) is 36.2 Å². The monoisotopic (exact) mass is 311 g/mol. The van der Waals surface area contributed by atoms with Crippen molar-refractivity contribution in [3.8, 4) is 0 Å². The number of rotatable bonds is 5. The van der Waals surface area contributed by atoms with Crippen molar-refractivity contribution >= 4 is 34.5 Å². The maximum absolute atomic E-state index is 11.8. The highest BCUT2D eigenvalue weighted by Gasteiger charge is 2.15. The van der Waals surface area contributed by atoms with Crippen LogP contribution in [0.2, 0.25) is 5.02 Å². The summed E-state index contributed by atoms with van der Waals surface area (Å²) in [6, 6.07) is 3.89. The van der Waals surface area contributed by atoms with E-state index in [0.717, 1.165) is 5.01 Å². The second-order valence-corrected chi connectivity index (χ2v) is 5.24. The van der Waals surface area contributed by atoms with Crippen LogP contribution in [0.5, 0.6) is 0 Å². The van der Waals surface area contributed by atoms with E-state index in [4.69, 9.17) is 11.6 Å². The summed E-state index contributed by atoms with van der Waals surface area (Å²) in [6.07, 6.45) is 2.35. The summed E-state index contributed by atoms with van der Waals surface area (Å²) < 4.78 is 0. The summed E-state index contributed by atoms with van der Waals surface area (Å²) >= 11 is 7.27. The Kier molecular flexibility index (Phi) is 4.65. The van der Waals surface area contributed by atoms with Crippen molar-refractivity contribution < 1.29 is 9.72 Å². The predicted octanol–water partition coefficient (Wildman–Crippen LogP) is 2.68. The number of carbonyl (C=O) groups excluding carboxylic acids is 1.